The molecule has 1 N–H and O–H groups in total. The van der Waals surface area contributed by atoms with E-state index in [9.17, 15) is 17.6 Å². The Bertz CT molecular complexity index is 699. The van der Waals surface area contributed by atoms with Gasteiger partial charge < -0.3 is 4.90 Å². The highest BCUT2D eigenvalue weighted by Gasteiger charge is 2.42. The fourth-order valence-corrected chi connectivity index (χ4v) is 4.76. The molecule has 1 saturated carbocycles. The van der Waals surface area contributed by atoms with Crippen molar-refractivity contribution in [2.45, 2.75) is 37.6 Å². The molecule has 3 atom stereocenters. The number of amides is 1. The van der Waals surface area contributed by atoms with Crippen LogP contribution in [-0.2, 0) is 14.8 Å². The van der Waals surface area contributed by atoms with E-state index in [1.54, 1.807) is 12.1 Å². The SMILES string of the molecule is CS(=O)(=O)N[C@@H]1C[C@H](C(=O)N2CCCC2)[C@@H](c2ccc(F)cc2)C1. The van der Waals surface area contributed by atoms with E-state index in [2.05, 4.69) is 4.72 Å². The fraction of sp³-hybridized carbons (Fsp3) is 0.588. The second-order valence-electron chi connectivity index (χ2n) is 6.86. The minimum absolute atomic E-state index is 0.0852. The second-order valence-corrected chi connectivity index (χ2v) is 8.64. The van der Waals surface area contributed by atoms with Crippen molar-refractivity contribution in [1.82, 2.24) is 9.62 Å². The van der Waals surface area contributed by atoms with E-state index in [0.717, 1.165) is 37.8 Å². The lowest BCUT2D eigenvalue weighted by Gasteiger charge is -2.24. The Morgan fingerprint density at radius 2 is 1.79 bits per heavy atom. The number of rotatable bonds is 4. The topological polar surface area (TPSA) is 66.5 Å². The van der Waals surface area contributed by atoms with Gasteiger partial charge in [0.05, 0.1) is 6.26 Å². The van der Waals surface area contributed by atoms with E-state index in [-0.39, 0.29) is 29.6 Å². The Morgan fingerprint density at radius 3 is 2.38 bits per heavy atom. The van der Waals surface area contributed by atoms with Gasteiger partial charge in [-0.2, -0.15) is 0 Å². The maximum atomic E-state index is 13.2. The Morgan fingerprint density at radius 1 is 1.17 bits per heavy atom. The quantitative estimate of drug-likeness (QED) is 0.897. The third-order valence-corrected chi connectivity index (χ3v) is 5.74. The predicted octanol–water partition coefficient (Wildman–Crippen LogP) is 1.86. The lowest BCUT2D eigenvalue weighted by atomic mass is 9.88. The minimum atomic E-state index is -3.32. The molecular formula is C17H23FN2O3S. The lowest BCUT2D eigenvalue weighted by molar-refractivity contribution is -0.134. The van der Waals surface area contributed by atoms with E-state index in [0.29, 0.717) is 12.8 Å². The summed E-state index contributed by atoms with van der Waals surface area (Å²) in [6, 6.07) is 5.93. The van der Waals surface area contributed by atoms with Crippen molar-refractivity contribution in [3.05, 3.63) is 35.6 Å². The smallest absolute Gasteiger partial charge is 0.226 e. The zero-order chi connectivity index (χ0) is 17.3. The molecule has 1 aliphatic carbocycles. The zero-order valence-electron chi connectivity index (χ0n) is 13.7. The van der Waals surface area contributed by atoms with Gasteiger partial charge in [-0.25, -0.2) is 17.5 Å². The molecule has 1 saturated heterocycles. The van der Waals surface area contributed by atoms with Gasteiger partial charge in [0.15, 0.2) is 0 Å². The number of nitrogens with one attached hydrogen (secondary N) is 1. The van der Waals surface area contributed by atoms with Gasteiger partial charge >= 0.3 is 0 Å². The van der Waals surface area contributed by atoms with E-state index < -0.39 is 10.0 Å². The van der Waals surface area contributed by atoms with Gasteiger partial charge in [0.2, 0.25) is 15.9 Å². The summed E-state index contributed by atoms with van der Waals surface area (Å²) in [7, 11) is -3.32. The number of hydrogen-bond donors (Lipinski definition) is 1. The summed E-state index contributed by atoms with van der Waals surface area (Å²) in [5, 5.41) is 0. The standard InChI is InChI=1S/C17H23FN2O3S/c1-24(22,23)19-14-10-15(12-4-6-13(18)7-5-12)16(11-14)17(21)20-8-2-3-9-20/h4-7,14-16,19H,2-3,8-11H2,1H3/t14-,15+,16-/m0/s1. The monoisotopic (exact) mass is 354 g/mol. The average molecular weight is 354 g/mol. The van der Waals surface area contributed by atoms with Crippen molar-refractivity contribution < 1.29 is 17.6 Å². The first-order valence-electron chi connectivity index (χ1n) is 8.35. The van der Waals surface area contributed by atoms with Gasteiger partial charge in [-0.1, -0.05) is 12.1 Å². The molecule has 7 heteroatoms. The van der Waals surface area contributed by atoms with Crippen LogP contribution in [0.2, 0.25) is 0 Å². The summed E-state index contributed by atoms with van der Waals surface area (Å²) in [6.07, 6.45) is 4.22. The fourth-order valence-electron chi connectivity index (χ4n) is 3.96. The predicted molar refractivity (Wildman–Crippen MR) is 89.4 cm³/mol. The number of halogens is 1. The summed E-state index contributed by atoms with van der Waals surface area (Å²) in [6.45, 7) is 1.55. The van der Waals surface area contributed by atoms with Crippen LogP contribution in [0.25, 0.3) is 0 Å². The molecule has 0 unspecified atom stereocenters. The lowest BCUT2D eigenvalue weighted by Crippen LogP contribution is -2.36. The Hall–Kier alpha value is -1.47. The van der Waals surface area contributed by atoms with Crippen molar-refractivity contribution in [3.63, 3.8) is 0 Å². The highest BCUT2D eigenvalue weighted by molar-refractivity contribution is 7.88. The van der Waals surface area contributed by atoms with Crippen molar-refractivity contribution in [1.29, 1.82) is 0 Å². The first-order chi connectivity index (χ1) is 11.3. The van der Waals surface area contributed by atoms with E-state index in [1.807, 2.05) is 4.90 Å². The third kappa shape index (κ3) is 3.95. The number of hydrogen-bond acceptors (Lipinski definition) is 3. The molecular weight excluding hydrogens is 331 g/mol. The first kappa shape index (κ1) is 17.4. The third-order valence-electron chi connectivity index (χ3n) is 4.98. The number of likely N-dealkylation sites (tertiary alicyclic amines) is 1. The molecule has 0 bridgehead atoms. The molecule has 0 radical (unpaired) electrons. The van der Waals surface area contributed by atoms with Gasteiger partial charge in [0.1, 0.15) is 5.82 Å². The molecule has 1 amide bonds. The molecule has 3 rings (SSSR count). The van der Waals surface area contributed by atoms with Gasteiger partial charge in [-0.15, -0.1) is 0 Å². The Kier molecular flexibility index (Phi) is 4.92. The maximum Gasteiger partial charge on any atom is 0.226 e. The zero-order valence-corrected chi connectivity index (χ0v) is 14.6. The summed E-state index contributed by atoms with van der Waals surface area (Å²) in [4.78, 5) is 14.8. The highest BCUT2D eigenvalue weighted by Crippen LogP contribution is 2.41. The molecule has 24 heavy (non-hydrogen) atoms. The van der Waals surface area contributed by atoms with Crippen molar-refractivity contribution in [2.75, 3.05) is 19.3 Å². The normalized spacial score (nSPS) is 27.6. The van der Waals surface area contributed by atoms with Crippen molar-refractivity contribution in [2.24, 2.45) is 5.92 Å². The van der Waals surface area contributed by atoms with Crippen LogP contribution in [0.5, 0.6) is 0 Å². The van der Waals surface area contributed by atoms with E-state index >= 15 is 0 Å². The number of carbonyl (C=O) groups is 1. The number of sulfonamides is 1. The number of nitrogens with zero attached hydrogens (tertiary/aromatic N) is 1. The average Bonchev–Trinajstić information content (AvgIpc) is 3.15. The van der Waals surface area contributed by atoms with Crippen molar-refractivity contribution in [3.8, 4) is 0 Å². The van der Waals surface area contributed by atoms with Crippen LogP contribution in [0.3, 0.4) is 0 Å². The maximum absolute atomic E-state index is 13.2. The van der Waals surface area contributed by atoms with Gasteiger partial charge in [-0.05, 0) is 49.3 Å². The number of benzene rings is 1. The summed E-state index contributed by atoms with van der Waals surface area (Å²) in [5.41, 5.74) is 0.895. The van der Waals surface area contributed by atoms with Crippen molar-refractivity contribution >= 4 is 15.9 Å². The molecule has 1 aromatic carbocycles. The molecule has 132 valence electrons. The van der Waals surface area contributed by atoms with Crippen LogP contribution >= 0.6 is 0 Å². The van der Waals surface area contributed by atoms with E-state index in [4.69, 9.17) is 0 Å². The molecule has 2 fully saturated rings. The van der Waals surface area contributed by atoms with Crippen LogP contribution in [0.4, 0.5) is 4.39 Å². The molecule has 2 aliphatic rings. The van der Waals surface area contributed by atoms with Gasteiger partial charge in [0, 0.05) is 25.0 Å². The summed E-state index contributed by atoms with van der Waals surface area (Å²) >= 11 is 0. The van der Waals surface area contributed by atoms with E-state index in [1.165, 1.54) is 12.1 Å². The first-order valence-corrected chi connectivity index (χ1v) is 10.2. The second kappa shape index (κ2) is 6.80. The van der Waals surface area contributed by atoms with Gasteiger partial charge in [-0.3, -0.25) is 4.79 Å². The largest absolute Gasteiger partial charge is 0.342 e. The van der Waals surface area contributed by atoms with Gasteiger partial charge in [0.25, 0.3) is 0 Å². The molecule has 0 spiro atoms. The highest BCUT2D eigenvalue weighted by atomic mass is 32.2. The summed E-state index contributed by atoms with van der Waals surface area (Å²) in [5.74, 6) is -0.560. The van der Waals surface area contributed by atoms with Crippen LogP contribution in [0.1, 0.15) is 37.2 Å². The van der Waals surface area contributed by atoms with Crippen LogP contribution in [-0.4, -0.2) is 44.6 Å². The minimum Gasteiger partial charge on any atom is -0.342 e. The molecule has 1 aliphatic heterocycles. The molecule has 1 aromatic rings. The van der Waals surface area contributed by atoms with Crippen LogP contribution in [0.15, 0.2) is 24.3 Å². The van der Waals surface area contributed by atoms with Crippen LogP contribution < -0.4 is 4.72 Å². The molecule has 1 heterocycles. The number of carbonyl (C=O) groups excluding carboxylic acids is 1. The molecule has 5 nitrogen and oxygen atoms in total. The Balaban J connectivity index is 1.83. The summed E-state index contributed by atoms with van der Waals surface area (Å²) < 4.78 is 38.9. The van der Waals surface area contributed by atoms with Crippen LogP contribution in [0, 0.1) is 11.7 Å². The Labute approximate surface area is 142 Å². The molecule has 0 aromatic heterocycles.